The summed E-state index contributed by atoms with van der Waals surface area (Å²) in [5, 5.41) is 4.03. The Morgan fingerprint density at radius 3 is 2.86 bits per heavy atom. The number of nitrogens with zero attached hydrogens (tertiary/aromatic N) is 3. The Balaban J connectivity index is 1.53. The van der Waals surface area contributed by atoms with Gasteiger partial charge in [-0.3, -0.25) is 4.79 Å². The highest BCUT2D eigenvalue weighted by Crippen LogP contribution is 2.29. The second-order valence-electron chi connectivity index (χ2n) is 7.18. The standard InChI is InChI=1S/C22H21F2N3O2/c1-2-14-12-16(23)9-10-17(14)22(28)27-11-5-6-15(13-27)20-25-21(29-26-20)18-7-3-4-8-19(18)24/h3-4,7-10,12,15H,2,5-6,11,13H2,1H3. The monoisotopic (exact) mass is 397 g/mol. The summed E-state index contributed by atoms with van der Waals surface area (Å²) in [6.45, 7) is 2.96. The molecule has 1 aliphatic rings. The average Bonchev–Trinajstić information content (AvgIpc) is 3.23. The minimum Gasteiger partial charge on any atom is -0.338 e. The number of hydrogen-bond acceptors (Lipinski definition) is 4. The third-order valence-electron chi connectivity index (χ3n) is 5.30. The van der Waals surface area contributed by atoms with E-state index in [4.69, 9.17) is 4.52 Å². The van der Waals surface area contributed by atoms with Crippen molar-refractivity contribution >= 4 is 5.91 Å². The number of amides is 1. The summed E-state index contributed by atoms with van der Waals surface area (Å²) in [5.41, 5.74) is 1.47. The number of likely N-dealkylation sites (tertiary alicyclic amines) is 1. The summed E-state index contributed by atoms with van der Waals surface area (Å²) in [7, 11) is 0. The van der Waals surface area contributed by atoms with Crippen LogP contribution < -0.4 is 0 Å². The minimum atomic E-state index is -0.424. The maximum atomic E-state index is 14.0. The van der Waals surface area contributed by atoms with Crippen LogP contribution in [0.3, 0.4) is 0 Å². The fourth-order valence-corrected chi connectivity index (χ4v) is 3.75. The van der Waals surface area contributed by atoms with Crippen molar-refractivity contribution in [2.45, 2.75) is 32.1 Å². The van der Waals surface area contributed by atoms with Gasteiger partial charge < -0.3 is 9.42 Å². The van der Waals surface area contributed by atoms with Crippen molar-refractivity contribution in [1.29, 1.82) is 0 Å². The maximum absolute atomic E-state index is 14.0. The van der Waals surface area contributed by atoms with E-state index in [1.165, 1.54) is 18.2 Å². The lowest BCUT2D eigenvalue weighted by Crippen LogP contribution is -2.39. The zero-order valence-corrected chi connectivity index (χ0v) is 16.1. The predicted octanol–water partition coefficient (Wildman–Crippen LogP) is 4.60. The van der Waals surface area contributed by atoms with E-state index in [0.717, 1.165) is 12.8 Å². The lowest BCUT2D eigenvalue weighted by molar-refractivity contribution is 0.0702. The predicted molar refractivity (Wildman–Crippen MR) is 103 cm³/mol. The van der Waals surface area contributed by atoms with E-state index in [9.17, 15) is 13.6 Å². The molecule has 1 aromatic heterocycles. The molecule has 1 fully saturated rings. The van der Waals surface area contributed by atoms with Gasteiger partial charge in [-0.2, -0.15) is 4.98 Å². The van der Waals surface area contributed by atoms with E-state index in [2.05, 4.69) is 10.1 Å². The van der Waals surface area contributed by atoms with Crippen molar-refractivity contribution < 1.29 is 18.1 Å². The quantitative estimate of drug-likeness (QED) is 0.646. The first-order valence-corrected chi connectivity index (χ1v) is 9.73. The maximum Gasteiger partial charge on any atom is 0.260 e. The Hall–Kier alpha value is -3.09. The Kier molecular flexibility index (Phi) is 5.38. The zero-order valence-electron chi connectivity index (χ0n) is 16.1. The van der Waals surface area contributed by atoms with Crippen molar-refractivity contribution in [3.05, 3.63) is 71.1 Å². The number of piperidine rings is 1. The number of aryl methyl sites for hydroxylation is 1. The summed E-state index contributed by atoms with van der Waals surface area (Å²) in [6.07, 6.45) is 2.18. The Labute approximate surface area is 167 Å². The summed E-state index contributed by atoms with van der Waals surface area (Å²) in [5.74, 6) is -0.384. The van der Waals surface area contributed by atoms with Gasteiger partial charge in [-0.25, -0.2) is 8.78 Å². The van der Waals surface area contributed by atoms with Crippen LogP contribution in [-0.4, -0.2) is 34.0 Å². The molecule has 2 aromatic carbocycles. The molecule has 0 bridgehead atoms. The smallest absolute Gasteiger partial charge is 0.260 e. The Morgan fingerprint density at radius 2 is 2.07 bits per heavy atom. The van der Waals surface area contributed by atoms with Crippen molar-refractivity contribution in [3.8, 4) is 11.5 Å². The average molecular weight is 397 g/mol. The van der Waals surface area contributed by atoms with Crippen LogP contribution in [-0.2, 0) is 6.42 Å². The number of benzene rings is 2. The summed E-state index contributed by atoms with van der Waals surface area (Å²) >= 11 is 0. The van der Waals surface area contributed by atoms with E-state index >= 15 is 0 Å². The molecule has 4 rings (SSSR count). The molecule has 150 valence electrons. The second-order valence-corrected chi connectivity index (χ2v) is 7.18. The van der Waals surface area contributed by atoms with Crippen LogP contribution in [0.2, 0.25) is 0 Å². The van der Waals surface area contributed by atoms with Gasteiger partial charge >= 0.3 is 0 Å². The van der Waals surface area contributed by atoms with Crippen LogP contribution >= 0.6 is 0 Å². The van der Waals surface area contributed by atoms with Crippen LogP contribution in [0, 0.1) is 11.6 Å². The lowest BCUT2D eigenvalue weighted by Gasteiger charge is -2.31. The second kappa shape index (κ2) is 8.11. The number of carbonyl (C=O) groups excluding carboxylic acids is 1. The first-order valence-electron chi connectivity index (χ1n) is 9.73. The molecule has 1 amide bonds. The van der Waals surface area contributed by atoms with E-state index in [1.807, 2.05) is 6.92 Å². The molecule has 1 unspecified atom stereocenters. The van der Waals surface area contributed by atoms with Crippen molar-refractivity contribution in [2.75, 3.05) is 13.1 Å². The van der Waals surface area contributed by atoms with Gasteiger partial charge in [0.1, 0.15) is 11.6 Å². The summed E-state index contributed by atoms with van der Waals surface area (Å²) in [4.78, 5) is 19.1. The Bertz CT molecular complexity index is 1030. The van der Waals surface area contributed by atoms with Crippen molar-refractivity contribution in [2.24, 2.45) is 0 Å². The van der Waals surface area contributed by atoms with Crippen LogP contribution in [0.15, 0.2) is 47.0 Å². The highest BCUT2D eigenvalue weighted by atomic mass is 19.1. The van der Waals surface area contributed by atoms with E-state index < -0.39 is 5.82 Å². The third kappa shape index (κ3) is 3.90. The fourth-order valence-electron chi connectivity index (χ4n) is 3.75. The third-order valence-corrected chi connectivity index (χ3v) is 5.30. The number of aromatic nitrogens is 2. The van der Waals surface area contributed by atoms with Gasteiger partial charge in [-0.1, -0.05) is 24.2 Å². The fraction of sp³-hybridized carbons (Fsp3) is 0.318. The summed E-state index contributed by atoms with van der Waals surface area (Å²) < 4.78 is 32.8. The zero-order chi connectivity index (χ0) is 20.4. The van der Waals surface area contributed by atoms with E-state index in [-0.39, 0.29) is 29.1 Å². The Morgan fingerprint density at radius 1 is 1.24 bits per heavy atom. The van der Waals surface area contributed by atoms with Crippen LogP contribution in [0.4, 0.5) is 8.78 Å². The molecule has 0 aliphatic carbocycles. The highest BCUT2D eigenvalue weighted by molar-refractivity contribution is 5.95. The lowest BCUT2D eigenvalue weighted by atomic mass is 9.95. The van der Waals surface area contributed by atoms with Crippen LogP contribution in [0.1, 0.15) is 47.4 Å². The normalized spacial score (nSPS) is 16.8. The molecule has 0 N–H and O–H groups in total. The molecule has 2 heterocycles. The van der Waals surface area contributed by atoms with Gasteiger partial charge in [-0.05, 0) is 55.2 Å². The number of hydrogen-bond donors (Lipinski definition) is 0. The largest absolute Gasteiger partial charge is 0.338 e. The first kappa shape index (κ1) is 19.2. The molecule has 0 spiro atoms. The molecular formula is C22H21F2N3O2. The van der Waals surface area contributed by atoms with Gasteiger partial charge in [0, 0.05) is 24.6 Å². The van der Waals surface area contributed by atoms with E-state index in [1.54, 1.807) is 29.2 Å². The van der Waals surface area contributed by atoms with Crippen LogP contribution in [0.5, 0.6) is 0 Å². The van der Waals surface area contributed by atoms with E-state index in [0.29, 0.717) is 36.5 Å². The molecule has 7 heteroatoms. The van der Waals surface area contributed by atoms with Crippen LogP contribution in [0.25, 0.3) is 11.5 Å². The number of halogens is 2. The van der Waals surface area contributed by atoms with Gasteiger partial charge in [0.05, 0.1) is 5.56 Å². The van der Waals surface area contributed by atoms with Crippen molar-refractivity contribution in [1.82, 2.24) is 15.0 Å². The van der Waals surface area contributed by atoms with Crippen molar-refractivity contribution in [3.63, 3.8) is 0 Å². The van der Waals surface area contributed by atoms with Gasteiger partial charge in [0.15, 0.2) is 5.82 Å². The number of carbonyl (C=O) groups is 1. The van der Waals surface area contributed by atoms with Gasteiger partial charge in [0.25, 0.3) is 11.8 Å². The first-order chi connectivity index (χ1) is 14.1. The minimum absolute atomic E-state index is 0.0949. The number of rotatable bonds is 4. The SMILES string of the molecule is CCc1cc(F)ccc1C(=O)N1CCCC(c2noc(-c3ccccc3F)n2)C1. The highest BCUT2D eigenvalue weighted by Gasteiger charge is 2.29. The molecule has 5 nitrogen and oxygen atoms in total. The molecule has 1 saturated heterocycles. The topological polar surface area (TPSA) is 59.2 Å². The summed E-state index contributed by atoms with van der Waals surface area (Å²) in [6, 6.07) is 10.5. The molecule has 0 radical (unpaired) electrons. The molecule has 29 heavy (non-hydrogen) atoms. The molecule has 3 aromatic rings. The molecule has 1 atom stereocenters. The van der Waals surface area contributed by atoms with Gasteiger partial charge in [0.2, 0.25) is 0 Å². The molecular weight excluding hydrogens is 376 g/mol. The molecule has 1 aliphatic heterocycles. The van der Waals surface area contributed by atoms with Gasteiger partial charge in [-0.15, -0.1) is 0 Å². The molecule has 0 saturated carbocycles.